The van der Waals surface area contributed by atoms with Crippen LogP contribution < -0.4 is 0 Å². The largest absolute Gasteiger partial charge is 0.297 e. The Bertz CT molecular complexity index is 507. The first kappa shape index (κ1) is 10.3. The summed E-state index contributed by atoms with van der Waals surface area (Å²) in [5, 5.41) is 0.0913. The zero-order chi connectivity index (χ0) is 10.8. The number of rotatable bonds is 2. The molecule has 1 aromatic carbocycles. The molecule has 1 aromatic heterocycles. The highest BCUT2D eigenvalue weighted by Crippen LogP contribution is 2.32. The van der Waals surface area contributed by atoms with Crippen LogP contribution in [0.4, 0.5) is 4.39 Å². The molecular formula is C11H6ClFOS. The molecule has 0 atom stereocenters. The van der Waals surface area contributed by atoms with E-state index >= 15 is 0 Å². The third-order valence-corrected chi connectivity index (χ3v) is 3.30. The molecule has 76 valence electrons. The minimum Gasteiger partial charge on any atom is -0.297 e. The normalized spacial score (nSPS) is 10.3. The number of hydrogen-bond acceptors (Lipinski definition) is 2. The lowest BCUT2D eigenvalue weighted by molar-refractivity contribution is 0.112. The lowest BCUT2D eigenvalue weighted by Crippen LogP contribution is -1.81. The molecule has 2 rings (SSSR count). The molecule has 0 aliphatic rings. The molecular weight excluding hydrogens is 235 g/mol. The zero-order valence-corrected chi connectivity index (χ0v) is 9.11. The maximum atomic E-state index is 13.6. The van der Waals surface area contributed by atoms with Gasteiger partial charge in [-0.1, -0.05) is 23.7 Å². The summed E-state index contributed by atoms with van der Waals surface area (Å²) in [4.78, 5) is 11.8. The molecule has 0 bridgehead atoms. The molecule has 0 aliphatic heterocycles. The summed E-state index contributed by atoms with van der Waals surface area (Å²) in [6.07, 6.45) is 0.747. The van der Waals surface area contributed by atoms with Gasteiger partial charge in [0, 0.05) is 10.4 Å². The first-order chi connectivity index (χ1) is 7.22. The summed E-state index contributed by atoms with van der Waals surface area (Å²) in [7, 11) is 0. The van der Waals surface area contributed by atoms with E-state index in [9.17, 15) is 9.18 Å². The van der Waals surface area contributed by atoms with E-state index in [1.54, 1.807) is 24.3 Å². The molecule has 0 N–H and O–H groups in total. The summed E-state index contributed by atoms with van der Waals surface area (Å²) in [5.74, 6) is -0.446. The molecule has 0 radical (unpaired) electrons. The lowest BCUT2D eigenvalue weighted by Gasteiger charge is -2.00. The highest BCUT2D eigenvalue weighted by molar-refractivity contribution is 7.17. The van der Waals surface area contributed by atoms with Crippen molar-refractivity contribution < 1.29 is 9.18 Å². The molecule has 15 heavy (non-hydrogen) atoms. The Morgan fingerprint density at radius 2 is 2.07 bits per heavy atom. The van der Waals surface area contributed by atoms with Gasteiger partial charge in [0.15, 0.2) is 6.29 Å². The van der Waals surface area contributed by atoms with Gasteiger partial charge in [-0.05, 0) is 18.2 Å². The molecule has 4 heteroatoms. The molecule has 0 fully saturated rings. The second-order valence-corrected chi connectivity index (χ2v) is 4.44. The summed E-state index contributed by atoms with van der Waals surface area (Å²) >= 11 is 6.91. The minimum absolute atomic E-state index is 0.0913. The van der Waals surface area contributed by atoms with Crippen molar-refractivity contribution in [2.45, 2.75) is 0 Å². The van der Waals surface area contributed by atoms with Crippen LogP contribution in [0.2, 0.25) is 5.02 Å². The van der Waals surface area contributed by atoms with Crippen molar-refractivity contribution in [2.24, 2.45) is 0 Å². The smallest absolute Gasteiger partial charge is 0.160 e. The van der Waals surface area contributed by atoms with Crippen LogP contribution in [0, 0.1) is 5.82 Å². The molecule has 0 spiro atoms. The van der Waals surface area contributed by atoms with Crippen molar-refractivity contribution in [3.8, 4) is 10.4 Å². The maximum absolute atomic E-state index is 13.6. The Morgan fingerprint density at radius 1 is 1.27 bits per heavy atom. The van der Waals surface area contributed by atoms with Crippen LogP contribution in [0.1, 0.15) is 9.67 Å². The summed E-state index contributed by atoms with van der Waals surface area (Å²) < 4.78 is 13.6. The predicted octanol–water partition coefficient (Wildman–Crippen LogP) is 4.02. The Hall–Kier alpha value is -1.19. The average Bonchev–Trinajstić information content (AvgIpc) is 2.70. The van der Waals surface area contributed by atoms with Crippen LogP contribution in [0.15, 0.2) is 30.3 Å². The number of benzene rings is 1. The lowest BCUT2D eigenvalue weighted by atomic mass is 10.2. The van der Waals surface area contributed by atoms with E-state index in [4.69, 9.17) is 11.6 Å². The topological polar surface area (TPSA) is 17.1 Å². The van der Waals surface area contributed by atoms with E-state index in [-0.39, 0.29) is 5.02 Å². The molecule has 0 unspecified atom stereocenters. The minimum atomic E-state index is -0.446. The van der Waals surface area contributed by atoms with Crippen LogP contribution in [0.5, 0.6) is 0 Å². The van der Waals surface area contributed by atoms with E-state index in [0.29, 0.717) is 15.3 Å². The molecule has 0 saturated heterocycles. The van der Waals surface area contributed by atoms with Crippen LogP contribution in [0.3, 0.4) is 0 Å². The summed E-state index contributed by atoms with van der Waals surface area (Å²) in [6.45, 7) is 0. The number of hydrogen-bond donors (Lipinski definition) is 0. The fourth-order valence-corrected chi connectivity index (χ4v) is 2.27. The molecule has 0 saturated carbocycles. The number of halogens is 2. The van der Waals surface area contributed by atoms with Crippen molar-refractivity contribution in [1.29, 1.82) is 0 Å². The van der Waals surface area contributed by atoms with Crippen LogP contribution in [0.25, 0.3) is 10.4 Å². The van der Waals surface area contributed by atoms with Gasteiger partial charge in [-0.15, -0.1) is 11.3 Å². The first-order valence-electron chi connectivity index (χ1n) is 4.22. The molecule has 1 nitrogen and oxygen atoms in total. The van der Waals surface area contributed by atoms with Gasteiger partial charge in [0.05, 0.1) is 9.90 Å². The number of aldehydes is 1. The predicted molar refractivity (Wildman–Crippen MR) is 60.1 cm³/mol. The number of carbonyl (C=O) groups excluding carboxylic acids is 1. The Labute approximate surface area is 95.1 Å². The third kappa shape index (κ3) is 1.94. The fourth-order valence-electron chi connectivity index (χ4n) is 1.26. The van der Waals surface area contributed by atoms with Crippen molar-refractivity contribution in [3.63, 3.8) is 0 Å². The first-order valence-corrected chi connectivity index (χ1v) is 5.41. The number of thiophene rings is 1. The molecule has 2 aromatic rings. The Balaban J connectivity index is 2.53. The van der Waals surface area contributed by atoms with Gasteiger partial charge < -0.3 is 0 Å². The van der Waals surface area contributed by atoms with Gasteiger partial charge in [0.2, 0.25) is 0 Å². The van der Waals surface area contributed by atoms with E-state index in [0.717, 1.165) is 6.29 Å². The molecule has 1 heterocycles. The van der Waals surface area contributed by atoms with Crippen LogP contribution in [-0.4, -0.2) is 6.29 Å². The standard InChI is InChI=1S/C11H6ClFOS/c12-9-3-1-2-8(11(9)13)10-5-4-7(6-14)15-10/h1-6H. The van der Waals surface area contributed by atoms with Crippen molar-refractivity contribution in [2.75, 3.05) is 0 Å². The number of carbonyl (C=O) groups is 1. The molecule has 0 amide bonds. The van der Waals surface area contributed by atoms with Crippen LogP contribution >= 0.6 is 22.9 Å². The highest BCUT2D eigenvalue weighted by Gasteiger charge is 2.10. The average molecular weight is 241 g/mol. The van der Waals surface area contributed by atoms with Gasteiger partial charge in [0.25, 0.3) is 0 Å². The monoisotopic (exact) mass is 240 g/mol. The van der Waals surface area contributed by atoms with Crippen molar-refractivity contribution in [3.05, 3.63) is 46.0 Å². The van der Waals surface area contributed by atoms with Gasteiger partial charge in [-0.3, -0.25) is 4.79 Å². The van der Waals surface area contributed by atoms with E-state index in [1.807, 2.05) is 0 Å². The quantitative estimate of drug-likeness (QED) is 0.725. The second kappa shape index (κ2) is 4.13. The van der Waals surface area contributed by atoms with Gasteiger partial charge in [-0.25, -0.2) is 4.39 Å². The summed E-state index contributed by atoms with van der Waals surface area (Å²) in [6, 6.07) is 8.19. The van der Waals surface area contributed by atoms with Gasteiger partial charge in [-0.2, -0.15) is 0 Å². The Morgan fingerprint density at radius 3 is 2.73 bits per heavy atom. The second-order valence-electron chi connectivity index (χ2n) is 2.92. The van der Waals surface area contributed by atoms with E-state index < -0.39 is 5.82 Å². The Kier molecular flexibility index (Phi) is 2.84. The molecule has 0 aliphatic carbocycles. The third-order valence-electron chi connectivity index (χ3n) is 1.96. The van der Waals surface area contributed by atoms with E-state index in [2.05, 4.69) is 0 Å². The van der Waals surface area contributed by atoms with Crippen molar-refractivity contribution in [1.82, 2.24) is 0 Å². The van der Waals surface area contributed by atoms with Crippen LogP contribution in [-0.2, 0) is 0 Å². The fraction of sp³-hybridized carbons (Fsp3) is 0. The highest BCUT2D eigenvalue weighted by atomic mass is 35.5. The zero-order valence-electron chi connectivity index (χ0n) is 7.54. The van der Waals surface area contributed by atoms with E-state index in [1.165, 1.54) is 17.4 Å². The van der Waals surface area contributed by atoms with Gasteiger partial charge >= 0.3 is 0 Å². The SMILES string of the molecule is O=Cc1ccc(-c2cccc(Cl)c2F)s1. The summed E-state index contributed by atoms with van der Waals surface area (Å²) in [5.41, 5.74) is 0.431. The van der Waals surface area contributed by atoms with Crippen molar-refractivity contribution >= 4 is 29.2 Å². The van der Waals surface area contributed by atoms with Gasteiger partial charge in [0.1, 0.15) is 5.82 Å². The maximum Gasteiger partial charge on any atom is 0.160 e.